The summed E-state index contributed by atoms with van der Waals surface area (Å²) in [4.78, 5) is 7.26. The van der Waals surface area contributed by atoms with Crippen LogP contribution in [0.3, 0.4) is 0 Å². The number of hydrogen-bond acceptors (Lipinski definition) is 4. The minimum absolute atomic E-state index is 0.0216. The average molecular weight is 275 g/mol. The predicted octanol–water partition coefficient (Wildman–Crippen LogP) is 3.55. The molecule has 0 spiro atoms. The van der Waals surface area contributed by atoms with Crippen LogP contribution in [0, 0.1) is 11.3 Å². The fraction of sp³-hybridized carbons (Fsp3) is 0. The number of hydrogen-bond donors (Lipinski definition) is 2. The zero-order valence-electron chi connectivity index (χ0n) is 10.8. The van der Waals surface area contributed by atoms with Crippen molar-refractivity contribution in [3.63, 3.8) is 0 Å². The molecule has 2 aromatic heterocycles. The summed E-state index contributed by atoms with van der Waals surface area (Å²) in [6, 6.07) is 14.6. The van der Waals surface area contributed by atoms with Crippen molar-refractivity contribution < 1.29 is 9.52 Å². The summed E-state index contributed by atoms with van der Waals surface area (Å²) in [6.45, 7) is 0. The second-order valence-electron chi connectivity index (χ2n) is 4.71. The Kier molecular flexibility index (Phi) is 2.27. The standard InChI is InChI=1S/C16H9N3O2/c17-8-9-5-6-11-10(7-9)14(15(20)18-11)16-19-12-3-1-2-4-13(12)21-16/h1-7,18,20H. The minimum Gasteiger partial charge on any atom is -0.494 e. The largest absolute Gasteiger partial charge is 0.494 e. The first kappa shape index (κ1) is 11.6. The number of nitriles is 1. The lowest BCUT2D eigenvalue weighted by atomic mass is 10.1. The Labute approximate surface area is 119 Å². The van der Waals surface area contributed by atoms with E-state index in [1.807, 2.05) is 24.3 Å². The van der Waals surface area contributed by atoms with Gasteiger partial charge in [0.15, 0.2) is 5.58 Å². The predicted molar refractivity (Wildman–Crippen MR) is 77.7 cm³/mol. The maximum atomic E-state index is 10.1. The lowest BCUT2D eigenvalue weighted by molar-refractivity contribution is 0.457. The van der Waals surface area contributed by atoms with E-state index in [1.165, 1.54) is 0 Å². The van der Waals surface area contributed by atoms with E-state index < -0.39 is 0 Å². The molecule has 2 aromatic carbocycles. The van der Waals surface area contributed by atoms with E-state index in [9.17, 15) is 5.11 Å². The Bertz CT molecular complexity index is 988. The molecule has 21 heavy (non-hydrogen) atoms. The molecule has 4 rings (SSSR count). The number of rotatable bonds is 1. The Morgan fingerprint density at radius 3 is 2.86 bits per heavy atom. The van der Waals surface area contributed by atoms with E-state index in [4.69, 9.17) is 9.68 Å². The van der Waals surface area contributed by atoms with Crippen molar-refractivity contribution in [1.29, 1.82) is 5.26 Å². The monoisotopic (exact) mass is 275 g/mol. The quantitative estimate of drug-likeness (QED) is 0.556. The van der Waals surface area contributed by atoms with Gasteiger partial charge in [0.25, 0.3) is 0 Å². The van der Waals surface area contributed by atoms with Gasteiger partial charge in [-0.15, -0.1) is 0 Å². The summed E-state index contributed by atoms with van der Waals surface area (Å²) in [5, 5.41) is 19.9. The van der Waals surface area contributed by atoms with Crippen LogP contribution in [0.1, 0.15) is 5.56 Å². The Morgan fingerprint density at radius 2 is 2.05 bits per heavy atom. The van der Waals surface area contributed by atoms with Crippen molar-refractivity contribution in [3.05, 3.63) is 48.0 Å². The van der Waals surface area contributed by atoms with Crippen molar-refractivity contribution in [2.45, 2.75) is 0 Å². The van der Waals surface area contributed by atoms with Crippen LogP contribution in [-0.2, 0) is 0 Å². The molecule has 0 aliphatic heterocycles. The van der Waals surface area contributed by atoms with E-state index in [2.05, 4.69) is 16.0 Å². The van der Waals surface area contributed by atoms with E-state index in [0.29, 0.717) is 28.0 Å². The average Bonchev–Trinajstić information content (AvgIpc) is 3.05. The van der Waals surface area contributed by atoms with Gasteiger partial charge < -0.3 is 14.5 Å². The summed E-state index contributed by atoms with van der Waals surface area (Å²) >= 11 is 0. The molecule has 0 aliphatic carbocycles. The van der Waals surface area contributed by atoms with Crippen LogP contribution in [0.2, 0.25) is 0 Å². The normalized spacial score (nSPS) is 11.0. The Morgan fingerprint density at radius 1 is 1.19 bits per heavy atom. The molecule has 0 fully saturated rings. The molecule has 2 heterocycles. The van der Waals surface area contributed by atoms with E-state index in [1.54, 1.807) is 18.2 Å². The van der Waals surface area contributed by atoms with Gasteiger partial charge in [-0.25, -0.2) is 4.98 Å². The molecule has 0 aliphatic rings. The van der Waals surface area contributed by atoms with Crippen molar-refractivity contribution in [2.75, 3.05) is 0 Å². The van der Waals surface area contributed by atoms with E-state index in [-0.39, 0.29) is 5.88 Å². The smallest absolute Gasteiger partial charge is 0.233 e. The lowest BCUT2D eigenvalue weighted by Gasteiger charge is -1.94. The molecule has 100 valence electrons. The molecule has 0 atom stereocenters. The SMILES string of the molecule is N#Cc1ccc2[nH]c(O)c(-c3nc4ccccc4o3)c2c1. The molecule has 4 aromatic rings. The molecule has 2 N–H and O–H groups in total. The van der Waals surface area contributed by atoms with Crippen LogP contribution in [-0.4, -0.2) is 15.1 Å². The molecular weight excluding hydrogens is 266 g/mol. The number of aromatic amines is 1. The highest BCUT2D eigenvalue weighted by Gasteiger charge is 2.18. The minimum atomic E-state index is -0.0216. The van der Waals surface area contributed by atoms with Gasteiger partial charge in [-0.2, -0.15) is 5.26 Å². The number of para-hydroxylation sites is 2. The van der Waals surface area contributed by atoms with Crippen LogP contribution in [0.25, 0.3) is 33.5 Å². The summed E-state index contributed by atoms with van der Waals surface area (Å²) < 4.78 is 5.70. The molecule has 0 bridgehead atoms. The maximum Gasteiger partial charge on any atom is 0.233 e. The van der Waals surface area contributed by atoms with E-state index in [0.717, 1.165) is 11.0 Å². The van der Waals surface area contributed by atoms with Crippen molar-refractivity contribution in [1.82, 2.24) is 9.97 Å². The first-order valence-electron chi connectivity index (χ1n) is 6.37. The highest BCUT2D eigenvalue weighted by atomic mass is 16.3. The number of aromatic hydroxyl groups is 1. The molecule has 5 nitrogen and oxygen atoms in total. The molecular formula is C16H9N3O2. The number of aromatic nitrogens is 2. The third-order valence-corrected chi connectivity index (χ3v) is 3.42. The molecule has 0 unspecified atom stereocenters. The topological polar surface area (TPSA) is 85.8 Å². The zero-order chi connectivity index (χ0) is 14.4. The molecule has 0 amide bonds. The first-order chi connectivity index (χ1) is 10.3. The third-order valence-electron chi connectivity index (χ3n) is 3.42. The van der Waals surface area contributed by atoms with Gasteiger partial charge in [0.2, 0.25) is 11.8 Å². The summed E-state index contributed by atoms with van der Waals surface area (Å²) in [5.41, 5.74) is 3.08. The maximum absolute atomic E-state index is 10.1. The first-order valence-corrected chi connectivity index (χ1v) is 6.37. The van der Waals surface area contributed by atoms with Gasteiger partial charge >= 0.3 is 0 Å². The van der Waals surface area contributed by atoms with Crippen molar-refractivity contribution in [2.24, 2.45) is 0 Å². The number of H-pyrrole nitrogens is 1. The number of fused-ring (bicyclic) bond motifs is 2. The van der Waals surface area contributed by atoms with Gasteiger partial charge in [-0.1, -0.05) is 12.1 Å². The van der Waals surface area contributed by atoms with Gasteiger partial charge in [0.05, 0.1) is 11.6 Å². The van der Waals surface area contributed by atoms with Gasteiger partial charge in [-0.05, 0) is 30.3 Å². The van der Waals surface area contributed by atoms with Crippen LogP contribution in [0.4, 0.5) is 0 Å². The molecule has 0 saturated heterocycles. The highest BCUT2D eigenvalue weighted by molar-refractivity contribution is 5.98. The second-order valence-corrected chi connectivity index (χ2v) is 4.71. The van der Waals surface area contributed by atoms with Crippen molar-refractivity contribution >= 4 is 22.0 Å². The summed E-state index contributed by atoms with van der Waals surface area (Å²) in [5.74, 6) is 0.307. The number of benzene rings is 2. The number of oxazole rings is 1. The fourth-order valence-corrected chi connectivity index (χ4v) is 2.44. The van der Waals surface area contributed by atoms with Gasteiger partial charge in [-0.3, -0.25) is 0 Å². The van der Waals surface area contributed by atoms with Crippen LogP contribution in [0.15, 0.2) is 46.9 Å². The second kappa shape index (κ2) is 4.12. The van der Waals surface area contributed by atoms with Gasteiger partial charge in [0, 0.05) is 10.9 Å². The molecule has 5 heteroatoms. The lowest BCUT2D eigenvalue weighted by Crippen LogP contribution is -1.77. The Hall–Kier alpha value is -3.26. The van der Waals surface area contributed by atoms with Crippen molar-refractivity contribution in [3.8, 4) is 23.4 Å². The summed E-state index contributed by atoms with van der Waals surface area (Å²) in [6.07, 6.45) is 0. The molecule has 0 radical (unpaired) electrons. The number of nitrogens with one attached hydrogen (secondary N) is 1. The third kappa shape index (κ3) is 1.66. The number of nitrogens with zero attached hydrogens (tertiary/aromatic N) is 2. The van der Waals surface area contributed by atoms with Gasteiger partial charge in [0.1, 0.15) is 11.1 Å². The Balaban J connectivity index is 2.04. The summed E-state index contributed by atoms with van der Waals surface area (Å²) in [7, 11) is 0. The van der Waals surface area contributed by atoms with E-state index >= 15 is 0 Å². The van der Waals surface area contributed by atoms with Crippen LogP contribution in [0.5, 0.6) is 5.88 Å². The zero-order valence-corrected chi connectivity index (χ0v) is 10.8. The van der Waals surface area contributed by atoms with Crippen LogP contribution >= 0.6 is 0 Å². The fourth-order valence-electron chi connectivity index (χ4n) is 2.44. The molecule has 0 saturated carbocycles. The van der Waals surface area contributed by atoms with Crippen LogP contribution < -0.4 is 0 Å². The highest BCUT2D eigenvalue weighted by Crippen LogP contribution is 2.37.